The predicted molar refractivity (Wildman–Crippen MR) is 47.4 cm³/mol. The molecule has 0 aromatic rings. The number of allylic oxidation sites excluding steroid dienone is 1. The first-order valence-corrected chi connectivity index (χ1v) is 4.38. The fourth-order valence-electron chi connectivity index (χ4n) is 1.59. The first-order valence-electron chi connectivity index (χ1n) is 4.38. The molecule has 0 amide bonds. The summed E-state index contributed by atoms with van der Waals surface area (Å²) in [7, 11) is 0. The summed E-state index contributed by atoms with van der Waals surface area (Å²) in [5, 5.41) is 9.82. The van der Waals surface area contributed by atoms with Crippen LogP contribution in [0.15, 0.2) is 11.6 Å². The number of hydrogen-bond acceptors (Lipinski definition) is 1. The number of rotatable bonds is 3. The van der Waals surface area contributed by atoms with Crippen LogP contribution < -0.4 is 0 Å². The van der Waals surface area contributed by atoms with Crippen molar-refractivity contribution in [1.82, 2.24) is 0 Å². The minimum atomic E-state index is -0.556. The highest BCUT2D eigenvalue weighted by Gasteiger charge is 2.29. The van der Waals surface area contributed by atoms with Gasteiger partial charge in [0, 0.05) is 0 Å². The highest BCUT2D eigenvalue weighted by atomic mass is 16.3. The molecule has 64 valence electrons. The van der Waals surface area contributed by atoms with E-state index in [2.05, 4.69) is 0 Å². The maximum atomic E-state index is 9.82. The highest BCUT2D eigenvalue weighted by molar-refractivity contribution is 5.06. The van der Waals surface area contributed by atoms with Gasteiger partial charge in [-0.15, -0.1) is 0 Å². The van der Waals surface area contributed by atoms with Crippen molar-refractivity contribution < 1.29 is 5.11 Å². The Balaban J connectivity index is 2.43. The maximum Gasteiger partial charge on any atom is 0.0804 e. The van der Waals surface area contributed by atoms with Crippen molar-refractivity contribution in [2.45, 2.75) is 45.6 Å². The summed E-state index contributed by atoms with van der Waals surface area (Å²) in [5.74, 6) is 0.792. The Hall–Kier alpha value is -0.300. The van der Waals surface area contributed by atoms with E-state index >= 15 is 0 Å². The molecule has 0 heterocycles. The first kappa shape index (κ1) is 8.79. The van der Waals surface area contributed by atoms with E-state index in [1.165, 1.54) is 18.4 Å². The summed E-state index contributed by atoms with van der Waals surface area (Å²) in [6.45, 7) is 5.96. The van der Waals surface area contributed by atoms with Gasteiger partial charge < -0.3 is 5.11 Å². The molecule has 1 heteroatoms. The molecular weight excluding hydrogens is 136 g/mol. The average Bonchev–Trinajstić information content (AvgIpc) is 2.43. The van der Waals surface area contributed by atoms with Crippen molar-refractivity contribution in [2.75, 3.05) is 0 Å². The Kier molecular flexibility index (Phi) is 2.38. The molecule has 1 atom stereocenters. The van der Waals surface area contributed by atoms with Crippen molar-refractivity contribution in [3.63, 3.8) is 0 Å². The van der Waals surface area contributed by atoms with Crippen LogP contribution in [0.3, 0.4) is 0 Å². The Morgan fingerprint density at radius 1 is 1.55 bits per heavy atom. The van der Waals surface area contributed by atoms with Crippen molar-refractivity contribution in [2.24, 2.45) is 5.92 Å². The molecular formula is C10H18O. The molecule has 1 nitrogen and oxygen atoms in total. The van der Waals surface area contributed by atoms with Gasteiger partial charge in [-0.2, -0.15) is 0 Å². The van der Waals surface area contributed by atoms with Crippen LogP contribution in [0, 0.1) is 5.92 Å². The Bertz CT molecular complexity index is 160. The van der Waals surface area contributed by atoms with Gasteiger partial charge >= 0.3 is 0 Å². The van der Waals surface area contributed by atoms with Gasteiger partial charge in [0.1, 0.15) is 0 Å². The van der Waals surface area contributed by atoms with Gasteiger partial charge in [-0.25, -0.2) is 0 Å². The zero-order chi connectivity index (χ0) is 8.48. The first-order chi connectivity index (χ1) is 4.99. The Morgan fingerprint density at radius 2 is 2.09 bits per heavy atom. The van der Waals surface area contributed by atoms with Crippen LogP contribution in [-0.4, -0.2) is 10.7 Å². The van der Waals surface area contributed by atoms with Crippen molar-refractivity contribution in [3.05, 3.63) is 11.6 Å². The molecule has 11 heavy (non-hydrogen) atoms. The summed E-state index contributed by atoms with van der Waals surface area (Å²) in [6, 6.07) is 0. The third-order valence-corrected chi connectivity index (χ3v) is 2.00. The minimum Gasteiger partial charge on any atom is -0.386 e. The van der Waals surface area contributed by atoms with E-state index < -0.39 is 5.60 Å². The molecule has 1 unspecified atom stereocenters. The van der Waals surface area contributed by atoms with Crippen LogP contribution >= 0.6 is 0 Å². The summed E-state index contributed by atoms with van der Waals surface area (Å²) >= 11 is 0. The largest absolute Gasteiger partial charge is 0.386 e. The van der Waals surface area contributed by atoms with E-state index in [9.17, 15) is 5.11 Å². The quantitative estimate of drug-likeness (QED) is 0.619. The SMILES string of the molecule is CC(C)=CC(C)(O)CC1CC1. The van der Waals surface area contributed by atoms with Gasteiger partial charge in [0.05, 0.1) is 5.60 Å². The lowest BCUT2D eigenvalue weighted by molar-refractivity contribution is 0.0946. The van der Waals surface area contributed by atoms with E-state index in [0.29, 0.717) is 0 Å². The van der Waals surface area contributed by atoms with Crippen molar-refractivity contribution in [1.29, 1.82) is 0 Å². The van der Waals surface area contributed by atoms with Crippen LogP contribution in [0.5, 0.6) is 0 Å². The zero-order valence-corrected chi connectivity index (χ0v) is 7.72. The highest BCUT2D eigenvalue weighted by Crippen LogP contribution is 2.37. The Labute approximate surface area is 69.1 Å². The maximum absolute atomic E-state index is 9.82. The number of aliphatic hydroxyl groups is 1. The second-order valence-electron chi connectivity index (χ2n) is 4.23. The lowest BCUT2D eigenvalue weighted by atomic mass is 9.97. The van der Waals surface area contributed by atoms with Gasteiger partial charge in [0.25, 0.3) is 0 Å². The van der Waals surface area contributed by atoms with Crippen LogP contribution in [0.4, 0.5) is 0 Å². The van der Waals surface area contributed by atoms with E-state index in [0.717, 1.165) is 12.3 Å². The lowest BCUT2D eigenvalue weighted by Gasteiger charge is -2.19. The lowest BCUT2D eigenvalue weighted by Crippen LogP contribution is -2.21. The molecule has 0 spiro atoms. The van der Waals surface area contributed by atoms with Crippen LogP contribution in [0.25, 0.3) is 0 Å². The monoisotopic (exact) mass is 154 g/mol. The number of hydrogen-bond donors (Lipinski definition) is 1. The van der Waals surface area contributed by atoms with E-state index in [-0.39, 0.29) is 0 Å². The van der Waals surface area contributed by atoms with Crippen LogP contribution in [0.2, 0.25) is 0 Å². The average molecular weight is 154 g/mol. The standard InChI is InChI=1S/C10H18O/c1-8(2)6-10(3,11)7-9-4-5-9/h6,9,11H,4-5,7H2,1-3H3. The molecule has 1 aliphatic carbocycles. The van der Waals surface area contributed by atoms with Crippen LogP contribution in [-0.2, 0) is 0 Å². The molecule has 0 bridgehead atoms. The molecule has 0 saturated heterocycles. The summed E-state index contributed by atoms with van der Waals surface area (Å²) < 4.78 is 0. The van der Waals surface area contributed by atoms with E-state index in [1.807, 2.05) is 26.8 Å². The molecule has 0 aromatic carbocycles. The molecule has 0 aliphatic heterocycles. The fourth-order valence-corrected chi connectivity index (χ4v) is 1.59. The molecule has 1 N–H and O–H groups in total. The summed E-state index contributed by atoms with van der Waals surface area (Å²) in [5.41, 5.74) is 0.649. The van der Waals surface area contributed by atoms with Gasteiger partial charge in [0.15, 0.2) is 0 Å². The minimum absolute atomic E-state index is 0.556. The van der Waals surface area contributed by atoms with Gasteiger partial charge in [-0.1, -0.05) is 24.5 Å². The second kappa shape index (κ2) is 2.98. The van der Waals surface area contributed by atoms with Gasteiger partial charge in [-0.05, 0) is 33.1 Å². The smallest absolute Gasteiger partial charge is 0.0804 e. The van der Waals surface area contributed by atoms with E-state index in [1.54, 1.807) is 0 Å². The molecule has 1 saturated carbocycles. The van der Waals surface area contributed by atoms with Gasteiger partial charge in [0.2, 0.25) is 0 Å². The third-order valence-electron chi connectivity index (χ3n) is 2.00. The topological polar surface area (TPSA) is 20.2 Å². The fraction of sp³-hybridized carbons (Fsp3) is 0.800. The Morgan fingerprint density at radius 3 is 2.45 bits per heavy atom. The summed E-state index contributed by atoms with van der Waals surface area (Å²) in [6.07, 6.45) is 5.53. The van der Waals surface area contributed by atoms with Crippen molar-refractivity contribution >= 4 is 0 Å². The van der Waals surface area contributed by atoms with E-state index in [4.69, 9.17) is 0 Å². The molecule has 0 aromatic heterocycles. The normalized spacial score (nSPS) is 22.5. The van der Waals surface area contributed by atoms with Gasteiger partial charge in [-0.3, -0.25) is 0 Å². The molecule has 1 fully saturated rings. The third kappa shape index (κ3) is 3.57. The zero-order valence-electron chi connectivity index (χ0n) is 7.72. The predicted octanol–water partition coefficient (Wildman–Crippen LogP) is 2.50. The van der Waals surface area contributed by atoms with Crippen molar-refractivity contribution in [3.8, 4) is 0 Å². The second-order valence-corrected chi connectivity index (χ2v) is 4.23. The van der Waals surface area contributed by atoms with Crippen LogP contribution in [0.1, 0.15) is 40.0 Å². The molecule has 1 aliphatic rings. The molecule has 1 rings (SSSR count). The molecule has 0 radical (unpaired) electrons. The summed E-state index contributed by atoms with van der Waals surface area (Å²) in [4.78, 5) is 0.